The number of carbonyl (C=O) groups is 1. The molecular weight excluding hydrogens is 203 g/mol. The summed E-state index contributed by atoms with van der Waals surface area (Å²) in [6.07, 6.45) is 0.0896. The molecule has 0 aliphatic carbocycles. The molecule has 13 heavy (non-hydrogen) atoms. The number of hydrogen-bond donors (Lipinski definition) is 1. The van der Waals surface area contributed by atoms with Crippen molar-refractivity contribution in [2.45, 2.75) is 0 Å². The number of carboxylic acids is 1. The van der Waals surface area contributed by atoms with Crippen molar-refractivity contribution in [3.05, 3.63) is 30.3 Å². The Kier molecular flexibility index (Phi) is 3.23. The van der Waals surface area contributed by atoms with Gasteiger partial charge in [0, 0.05) is 0 Å². The van der Waals surface area contributed by atoms with E-state index >= 15 is 0 Å². The van der Waals surface area contributed by atoms with E-state index in [0.29, 0.717) is 0 Å². The highest BCUT2D eigenvalue weighted by atomic mass is 32.4. The molecule has 1 unspecified atom stereocenters. The molecule has 1 N–H and O–H groups in total. The average Bonchev–Trinajstić information content (AvgIpc) is 2.04. The smallest absolute Gasteiger partial charge is 0.308 e. The number of hydrogen-bond acceptors (Lipinski definition) is 2. The van der Waals surface area contributed by atoms with Crippen molar-refractivity contribution < 1.29 is 9.90 Å². The highest BCUT2D eigenvalue weighted by Crippen LogP contribution is 2.39. The van der Waals surface area contributed by atoms with Crippen molar-refractivity contribution in [3.8, 4) is 0 Å². The maximum atomic E-state index is 10.5. The Labute approximate surface area is 82.6 Å². The van der Waals surface area contributed by atoms with E-state index in [1.54, 1.807) is 0 Å². The van der Waals surface area contributed by atoms with E-state index in [4.69, 9.17) is 16.9 Å². The van der Waals surface area contributed by atoms with E-state index in [0.717, 1.165) is 5.30 Å². The Hall–Kier alpha value is -0.660. The molecule has 0 aliphatic heterocycles. The molecule has 0 spiro atoms. The molecule has 0 saturated heterocycles. The van der Waals surface area contributed by atoms with Crippen LogP contribution in [0.3, 0.4) is 0 Å². The van der Waals surface area contributed by atoms with Crippen LogP contribution in [-0.4, -0.2) is 23.9 Å². The second kappa shape index (κ2) is 4.03. The second-order valence-corrected chi connectivity index (χ2v) is 8.44. The molecule has 4 heteroatoms. The van der Waals surface area contributed by atoms with Gasteiger partial charge in [-0.3, -0.25) is 4.79 Å². The summed E-state index contributed by atoms with van der Waals surface area (Å²) in [4.78, 5) is 10.5. The molecule has 0 saturated carbocycles. The molecule has 0 heterocycles. The molecule has 0 fully saturated rings. The fourth-order valence-corrected chi connectivity index (χ4v) is 3.29. The molecule has 0 aromatic heterocycles. The van der Waals surface area contributed by atoms with Crippen LogP contribution in [0, 0.1) is 0 Å². The van der Waals surface area contributed by atoms with E-state index in [-0.39, 0.29) is 6.16 Å². The molecule has 0 aliphatic rings. The molecule has 2 nitrogen and oxygen atoms in total. The van der Waals surface area contributed by atoms with Crippen LogP contribution in [0.2, 0.25) is 0 Å². The maximum Gasteiger partial charge on any atom is 0.308 e. The fraction of sp³-hybridized carbons (Fsp3) is 0.222. The summed E-state index contributed by atoms with van der Waals surface area (Å²) >= 11 is 5.32. The van der Waals surface area contributed by atoms with Crippen LogP contribution in [-0.2, 0) is 16.6 Å². The van der Waals surface area contributed by atoms with E-state index in [2.05, 4.69) is 0 Å². The van der Waals surface area contributed by atoms with Crippen molar-refractivity contribution in [1.82, 2.24) is 0 Å². The van der Waals surface area contributed by atoms with Crippen LogP contribution >= 0.6 is 6.04 Å². The number of carboxylic acid groups (broad SMARTS) is 1. The standard InChI is InChI=1S/C9H11O2PS/c1-12(13,7-9(10)11)8-5-3-2-4-6-8/h2-6H,7H2,1H3,(H,10,11). The van der Waals surface area contributed by atoms with Crippen molar-refractivity contribution in [2.75, 3.05) is 12.8 Å². The van der Waals surface area contributed by atoms with Crippen LogP contribution in [0.5, 0.6) is 0 Å². The third kappa shape index (κ3) is 2.94. The van der Waals surface area contributed by atoms with Gasteiger partial charge < -0.3 is 5.11 Å². The third-order valence-corrected chi connectivity index (χ3v) is 5.02. The molecular formula is C9H11O2PS. The van der Waals surface area contributed by atoms with Gasteiger partial charge in [0.2, 0.25) is 0 Å². The largest absolute Gasteiger partial charge is 0.481 e. The topological polar surface area (TPSA) is 37.3 Å². The number of aliphatic carboxylic acids is 1. The molecule has 0 bridgehead atoms. The first-order chi connectivity index (χ1) is 6.02. The predicted molar refractivity (Wildman–Crippen MR) is 58.8 cm³/mol. The summed E-state index contributed by atoms with van der Waals surface area (Å²) in [6.45, 7) is 1.87. The third-order valence-electron chi connectivity index (χ3n) is 1.74. The first-order valence-corrected chi connectivity index (χ1v) is 7.30. The summed E-state index contributed by atoms with van der Waals surface area (Å²) in [7, 11) is 0. The van der Waals surface area contributed by atoms with E-state index in [1.807, 2.05) is 37.0 Å². The Morgan fingerprint density at radius 2 is 2.00 bits per heavy atom. The van der Waals surface area contributed by atoms with Crippen molar-refractivity contribution in [1.29, 1.82) is 0 Å². The first kappa shape index (κ1) is 10.4. The van der Waals surface area contributed by atoms with Gasteiger partial charge in [-0.25, -0.2) is 0 Å². The molecule has 0 amide bonds. The van der Waals surface area contributed by atoms with Crippen molar-refractivity contribution >= 4 is 29.1 Å². The monoisotopic (exact) mass is 214 g/mol. The lowest BCUT2D eigenvalue weighted by atomic mass is 10.4. The van der Waals surface area contributed by atoms with E-state index in [9.17, 15) is 4.79 Å². The van der Waals surface area contributed by atoms with E-state index < -0.39 is 12.0 Å². The highest BCUT2D eigenvalue weighted by molar-refractivity contribution is 8.18. The zero-order chi connectivity index (χ0) is 9.90. The summed E-state index contributed by atoms with van der Waals surface area (Å²) in [5.41, 5.74) is 0. The lowest BCUT2D eigenvalue weighted by Crippen LogP contribution is -2.11. The maximum absolute atomic E-state index is 10.5. The number of rotatable bonds is 3. The minimum Gasteiger partial charge on any atom is -0.481 e. The predicted octanol–water partition coefficient (Wildman–Crippen LogP) is 1.51. The fourth-order valence-electron chi connectivity index (χ4n) is 1.09. The minimum atomic E-state index is -1.87. The first-order valence-electron chi connectivity index (χ1n) is 3.86. The van der Waals surface area contributed by atoms with E-state index in [1.165, 1.54) is 0 Å². The SMILES string of the molecule is CP(=S)(CC(=O)O)c1ccccc1. The van der Waals surface area contributed by atoms with Crippen LogP contribution in [0.1, 0.15) is 0 Å². The lowest BCUT2D eigenvalue weighted by molar-refractivity contribution is -0.134. The van der Waals surface area contributed by atoms with Gasteiger partial charge >= 0.3 is 5.97 Å². The van der Waals surface area contributed by atoms with Gasteiger partial charge in [0.15, 0.2) is 0 Å². The van der Waals surface area contributed by atoms with Crippen LogP contribution in [0.25, 0.3) is 0 Å². The highest BCUT2D eigenvalue weighted by Gasteiger charge is 2.16. The quantitative estimate of drug-likeness (QED) is 0.775. The number of benzene rings is 1. The molecule has 1 aromatic carbocycles. The van der Waals surface area contributed by atoms with Crippen molar-refractivity contribution in [2.24, 2.45) is 0 Å². The van der Waals surface area contributed by atoms with Crippen molar-refractivity contribution in [3.63, 3.8) is 0 Å². The zero-order valence-corrected chi connectivity index (χ0v) is 9.02. The van der Waals surface area contributed by atoms with Crippen LogP contribution < -0.4 is 5.30 Å². The molecule has 70 valence electrons. The Morgan fingerprint density at radius 1 is 1.46 bits per heavy atom. The van der Waals surface area contributed by atoms with Gasteiger partial charge in [0.05, 0.1) is 6.16 Å². The summed E-state index contributed by atoms with van der Waals surface area (Å²) in [5, 5.41) is 9.66. The van der Waals surface area contributed by atoms with Gasteiger partial charge in [-0.2, -0.15) is 0 Å². The van der Waals surface area contributed by atoms with Gasteiger partial charge in [0.1, 0.15) is 0 Å². The summed E-state index contributed by atoms with van der Waals surface area (Å²) < 4.78 is 0. The lowest BCUT2D eigenvalue weighted by Gasteiger charge is -2.13. The average molecular weight is 214 g/mol. The summed E-state index contributed by atoms with van der Waals surface area (Å²) in [5.74, 6) is -0.810. The van der Waals surface area contributed by atoms with Crippen LogP contribution in [0.4, 0.5) is 0 Å². The molecule has 1 atom stereocenters. The minimum absolute atomic E-state index is 0.0896. The van der Waals surface area contributed by atoms with Gasteiger partial charge in [0.25, 0.3) is 0 Å². The molecule has 0 radical (unpaired) electrons. The normalized spacial score (nSPS) is 14.8. The second-order valence-electron chi connectivity index (χ2n) is 2.99. The van der Waals surface area contributed by atoms with Gasteiger partial charge in [-0.15, -0.1) is 0 Å². The Bertz CT molecular complexity index is 348. The molecule has 1 rings (SSSR count). The van der Waals surface area contributed by atoms with Gasteiger partial charge in [-0.05, 0) is 18.0 Å². The Balaban J connectivity index is 2.95. The summed E-state index contributed by atoms with van der Waals surface area (Å²) in [6, 6.07) is 7.63. The Morgan fingerprint density at radius 3 is 2.46 bits per heavy atom. The zero-order valence-electron chi connectivity index (χ0n) is 7.30. The van der Waals surface area contributed by atoms with Gasteiger partial charge in [-0.1, -0.05) is 42.1 Å². The van der Waals surface area contributed by atoms with Crippen LogP contribution in [0.15, 0.2) is 30.3 Å². The molecule has 1 aromatic rings.